The Kier molecular flexibility index (Phi) is 4.71. The van der Waals surface area contributed by atoms with E-state index in [0.29, 0.717) is 13.0 Å². The largest absolute Gasteiger partial charge is 0.481 e. The Bertz CT molecular complexity index is 504. The van der Waals surface area contributed by atoms with Crippen LogP contribution in [0.5, 0.6) is 0 Å². The van der Waals surface area contributed by atoms with Gasteiger partial charge in [-0.05, 0) is 37.0 Å². The van der Waals surface area contributed by atoms with E-state index in [9.17, 15) is 14.0 Å². The van der Waals surface area contributed by atoms with E-state index in [0.717, 1.165) is 19.3 Å². The number of hydrogen-bond acceptors (Lipinski definition) is 2. The minimum absolute atomic E-state index is 0.0428. The van der Waals surface area contributed by atoms with E-state index in [1.165, 1.54) is 24.3 Å². The molecule has 0 saturated heterocycles. The Morgan fingerprint density at radius 2 is 2.05 bits per heavy atom. The second-order valence-corrected chi connectivity index (χ2v) is 5.21. The van der Waals surface area contributed by atoms with Crippen molar-refractivity contribution in [2.45, 2.75) is 25.7 Å². The topological polar surface area (TPSA) is 66.4 Å². The van der Waals surface area contributed by atoms with Gasteiger partial charge in [-0.1, -0.05) is 18.9 Å². The fraction of sp³-hybridized carbons (Fsp3) is 0.467. The van der Waals surface area contributed by atoms with Crippen LogP contribution in [0.4, 0.5) is 4.39 Å². The molecule has 5 heteroatoms. The van der Waals surface area contributed by atoms with Crippen LogP contribution in [0.15, 0.2) is 24.3 Å². The SMILES string of the molecule is O=C(NC[C@@H]1CCCC[C@@H]1C(=O)O)c1cccc(F)c1. The quantitative estimate of drug-likeness (QED) is 0.889. The smallest absolute Gasteiger partial charge is 0.306 e. The summed E-state index contributed by atoms with van der Waals surface area (Å²) in [6.07, 6.45) is 3.38. The second kappa shape index (κ2) is 6.50. The number of amides is 1. The monoisotopic (exact) mass is 279 g/mol. The van der Waals surface area contributed by atoms with Gasteiger partial charge in [-0.2, -0.15) is 0 Å². The maximum Gasteiger partial charge on any atom is 0.306 e. The van der Waals surface area contributed by atoms with E-state index in [1.54, 1.807) is 0 Å². The van der Waals surface area contributed by atoms with Crippen LogP contribution in [0.2, 0.25) is 0 Å². The average Bonchev–Trinajstić information content (AvgIpc) is 2.45. The molecule has 1 aromatic rings. The molecule has 0 unspecified atom stereocenters. The van der Waals surface area contributed by atoms with Gasteiger partial charge in [0.1, 0.15) is 5.82 Å². The number of carbonyl (C=O) groups is 2. The number of rotatable bonds is 4. The lowest BCUT2D eigenvalue weighted by Crippen LogP contribution is -2.37. The van der Waals surface area contributed by atoms with Crippen molar-refractivity contribution in [3.63, 3.8) is 0 Å². The Morgan fingerprint density at radius 1 is 1.30 bits per heavy atom. The van der Waals surface area contributed by atoms with Crippen molar-refractivity contribution in [3.05, 3.63) is 35.6 Å². The Morgan fingerprint density at radius 3 is 2.75 bits per heavy atom. The molecule has 1 aromatic carbocycles. The van der Waals surface area contributed by atoms with E-state index in [4.69, 9.17) is 5.11 Å². The molecule has 1 fully saturated rings. The molecule has 1 aliphatic carbocycles. The first-order valence-corrected chi connectivity index (χ1v) is 6.84. The maximum atomic E-state index is 13.0. The third-order valence-corrected chi connectivity index (χ3v) is 3.84. The van der Waals surface area contributed by atoms with E-state index in [-0.39, 0.29) is 17.4 Å². The molecule has 4 nitrogen and oxygen atoms in total. The van der Waals surface area contributed by atoms with E-state index in [2.05, 4.69) is 5.32 Å². The van der Waals surface area contributed by atoms with E-state index in [1.807, 2.05) is 0 Å². The van der Waals surface area contributed by atoms with Crippen molar-refractivity contribution in [2.24, 2.45) is 11.8 Å². The zero-order chi connectivity index (χ0) is 14.5. The van der Waals surface area contributed by atoms with Crippen molar-refractivity contribution >= 4 is 11.9 Å². The van der Waals surface area contributed by atoms with Gasteiger partial charge in [-0.25, -0.2) is 4.39 Å². The van der Waals surface area contributed by atoms with Crippen LogP contribution in [0.3, 0.4) is 0 Å². The van der Waals surface area contributed by atoms with Crippen LogP contribution in [-0.4, -0.2) is 23.5 Å². The van der Waals surface area contributed by atoms with Gasteiger partial charge in [-0.15, -0.1) is 0 Å². The van der Waals surface area contributed by atoms with Gasteiger partial charge >= 0.3 is 5.97 Å². The minimum Gasteiger partial charge on any atom is -0.481 e. The van der Waals surface area contributed by atoms with Crippen molar-refractivity contribution in [1.29, 1.82) is 0 Å². The Labute approximate surface area is 117 Å². The van der Waals surface area contributed by atoms with Crippen molar-refractivity contribution in [3.8, 4) is 0 Å². The van der Waals surface area contributed by atoms with Gasteiger partial charge in [0.15, 0.2) is 0 Å². The molecular weight excluding hydrogens is 261 g/mol. The summed E-state index contributed by atoms with van der Waals surface area (Å²) in [7, 11) is 0. The summed E-state index contributed by atoms with van der Waals surface area (Å²) in [6.45, 7) is 0.326. The highest BCUT2D eigenvalue weighted by molar-refractivity contribution is 5.94. The zero-order valence-corrected chi connectivity index (χ0v) is 11.1. The van der Waals surface area contributed by atoms with Gasteiger partial charge in [0.25, 0.3) is 5.91 Å². The average molecular weight is 279 g/mol. The van der Waals surface area contributed by atoms with Crippen LogP contribution >= 0.6 is 0 Å². The van der Waals surface area contributed by atoms with Gasteiger partial charge < -0.3 is 10.4 Å². The molecule has 1 amide bonds. The highest BCUT2D eigenvalue weighted by Gasteiger charge is 2.30. The zero-order valence-electron chi connectivity index (χ0n) is 11.1. The van der Waals surface area contributed by atoms with E-state index >= 15 is 0 Å². The number of nitrogens with one attached hydrogen (secondary N) is 1. The predicted octanol–water partition coefficient (Wildman–Crippen LogP) is 2.45. The maximum absolute atomic E-state index is 13.0. The van der Waals surface area contributed by atoms with E-state index < -0.39 is 17.7 Å². The summed E-state index contributed by atoms with van der Waals surface area (Å²) in [4.78, 5) is 23.1. The molecule has 2 atom stereocenters. The summed E-state index contributed by atoms with van der Waals surface area (Å²) in [6, 6.07) is 5.46. The fourth-order valence-electron chi connectivity index (χ4n) is 2.73. The lowest BCUT2D eigenvalue weighted by atomic mass is 9.79. The summed E-state index contributed by atoms with van der Waals surface area (Å²) < 4.78 is 13.0. The molecule has 1 saturated carbocycles. The van der Waals surface area contributed by atoms with Gasteiger partial charge in [0, 0.05) is 12.1 Å². The summed E-state index contributed by atoms with van der Waals surface area (Å²) in [5.41, 5.74) is 0.257. The second-order valence-electron chi connectivity index (χ2n) is 5.21. The highest BCUT2D eigenvalue weighted by Crippen LogP contribution is 2.29. The van der Waals surface area contributed by atoms with Crippen LogP contribution in [0.1, 0.15) is 36.0 Å². The molecule has 0 spiro atoms. The molecular formula is C15H18FNO3. The number of carbonyl (C=O) groups excluding carboxylic acids is 1. The summed E-state index contributed by atoms with van der Waals surface area (Å²) in [5.74, 6) is -2.05. The van der Waals surface area contributed by atoms with Gasteiger partial charge in [0.2, 0.25) is 0 Å². The molecule has 108 valence electrons. The molecule has 0 bridgehead atoms. The third-order valence-electron chi connectivity index (χ3n) is 3.84. The Balaban J connectivity index is 1.93. The van der Waals surface area contributed by atoms with Crippen molar-refractivity contribution < 1.29 is 19.1 Å². The molecule has 2 N–H and O–H groups in total. The van der Waals surface area contributed by atoms with Crippen molar-refractivity contribution in [2.75, 3.05) is 6.54 Å². The third kappa shape index (κ3) is 3.56. The number of halogens is 1. The first-order chi connectivity index (χ1) is 9.58. The molecule has 0 aliphatic heterocycles. The van der Waals surface area contributed by atoms with Crippen molar-refractivity contribution in [1.82, 2.24) is 5.32 Å². The lowest BCUT2D eigenvalue weighted by Gasteiger charge is -2.28. The number of benzene rings is 1. The summed E-state index contributed by atoms with van der Waals surface area (Å²) >= 11 is 0. The van der Waals surface area contributed by atoms with Crippen LogP contribution in [0.25, 0.3) is 0 Å². The Hall–Kier alpha value is -1.91. The highest BCUT2D eigenvalue weighted by atomic mass is 19.1. The number of aliphatic carboxylic acids is 1. The number of carboxylic acids is 1. The predicted molar refractivity (Wildman–Crippen MR) is 71.8 cm³/mol. The standard InChI is InChI=1S/C15H18FNO3/c16-12-6-3-5-10(8-12)14(18)17-9-11-4-1-2-7-13(11)15(19)20/h3,5-6,8,11,13H,1-2,4,7,9H2,(H,17,18)(H,19,20)/t11-,13-/m0/s1. The number of hydrogen-bond donors (Lipinski definition) is 2. The van der Waals surface area contributed by atoms with Crippen LogP contribution in [0, 0.1) is 17.7 Å². The fourth-order valence-corrected chi connectivity index (χ4v) is 2.73. The van der Waals surface area contributed by atoms with Crippen LogP contribution in [-0.2, 0) is 4.79 Å². The number of carboxylic acid groups (broad SMARTS) is 1. The van der Waals surface area contributed by atoms with Crippen LogP contribution < -0.4 is 5.32 Å². The minimum atomic E-state index is -0.797. The molecule has 20 heavy (non-hydrogen) atoms. The lowest BCUT2D eigenvalue weighted by molar-refractivity contribution is -0.144. The molecule has 0 heterocycles. The molecule has 2 rings (SSSR count). The van der Waals surface area contributed by atoms with Gasteiger partial charge in [-0.3, -0.25) is 9.59 Å². The molecule has 0 aromatic heterocycles. The normalized spacial score (nSPS) is 22.2. The summed E-state index contributed by atoms with van der Waals surface area (Å²) in [5, 5.41) is 11.9. The first kappa shape index (κ1) is 14.5. The molecule has 0 radical (unpaired) electrons. The molecule has 1 aliphatic rings. The first-order valence-electron chi connectivity index (χ1n) is 6.84. The van der Waals surface area contributed by atoms with Gasteiger partial charge in [0.05, 0.1) is 5.92 Å².